The van der Waals surface area contributed by atoms with E-state index < -0.39 is 4.92 Å². The number of nitrogens with one attached hydrogen (secondary N) is 2. The van der Waals surface area contributed by atoms with Gasteiger partial charge in [-0.15, -0.1) is 0 Å². The van der Waals surface area contributed by atoms with Crippen molar-refractivity contribution in [3.63, 3.8) is 0 Å². The first-order chi connectivity index (χ1) is 13.0. The number of carbonyl (C=O) groups excluding carboxylic acids is 1. The average Bonchev–Trinajstić information content (AvgIpc) is 3.16. The van der Waals surface area contributed by atoms with Gasteiger partial charge in [-0.2, -0.15) is 5.10 Å². The summed E-state index contributed by atoms with van der Waals surface area (Å²) >= 11 is 0. The first-order valence-corrected chi connectivity index (χ1v) is 8.97. The second-order valence-corrected chi connectivity index (χ2v) is 6.56. The predicted molar refractivity (Wildman–Crippen MR) is 103 cm³/mol. The highest BCUT2D eigenvalue weighted by atomic mass is 16.6. The van der Waals surface area contributed by atoms with Crippen molar-refractivity contribution in [1.82, 2.24) is 20.1 Å². The van der Waals surface area contributed by atoms with Crippen molar-refractivity contribution in [1.29, 1.82) is 0 Å². The Morgan fingerprint density at radius 1 is 1.33 bits per heavy atom. The topological polar surface area (TPSA) is 106 Å². The molecule has 8 heteroatoms. The second kappa shape index (κ2) is 8.03. The van der Waals surface area contributed by atoms with Gasteiger partial charge in [-0.25, -0.2) is 0 Å². The van der Waals surface area contributed by atoms with E-state index >= 15 is 0 Å². The largest absolute Gasteiger partial charge is 0.361 e. The molecule has 2 aromatic heterocycles. The number of nitro groups is 1. The average molecular weight is 369 g/mol. The summed E-state index contributed by atoms with van der Waals surface area (Å²) in [6, 6.07) is 8.12. The number of hydrogen-bond donors (Lipinski definition) is 2. The maximum Gasteiger partial charge on any atom is 0.312 e. The zero-order valence-electron chi connectivity index (χ0n) is 15.5. The van der Waals surface area contributed by atoms with E-state index in [4.69, 9.17) is 0 Å². The highest BCUT2D eigenvalue weighted by molar-refractivity contribution is 5.83. The number of aryl methyl sites for hydroxylation is 2. The number of nitrogens with zero attached hydrogens (tertiary/aromatic N) is 3. The Kier molecular flexibility index (Phi) is 5.54. The molecule has 27 heavy (non-hydrogen) atoms. The number of rotatable bonds is 8. The predicted octanol–water partition coefficient (Wildman–Crippen LogP) is 3.03. The number of H-pyrrole nitrogens is 1. The van der Waals surface area contributed by atoms with E-state index in [1.807, 2.05) is 24.4 Å². The molecule has 0 aliphatic carbocycles. The number of amides is 1. The highest BCUT2D eigenvalue weighted by Gasteiger charge is 2.21. The summed E-state index contributed by atoms with van der Waals surface area (Å²) in [6.45, 7) is 4.09. The first-order valence-electron chi connectivity index (χ1n) is 8.97. The molecule has 0 saturated carbocycles. The van der Waals surface area contributed by atoms with Gasteiger partial charge >= 0.3 is 5.69 Å². The zero-order chi connectivity index (χ0) is 19.4. The van der Waals surface area contributed by atoms with Gasteiger partial charge in [0.05, 0.1) is 11.5 Å². The molecule has 0 bridgehead atoms. The number of carbonyl (C=O) groups is 1. The zero-order valence-corrected chi connectivity index (χ0v) is 15.5. The maximum absolute atomic E-state index is 12.0. The van der Waals surface area contributed by atoms with Crippen molar-refractivity contribution in [3.8, 4) is 0 Å². The number of aromatic amines is 1. The summed E-state index contributed by atoms with van der Waals surface area (Å²) in [5.41, 5.74) is 3.26. The highest BCUT2D eigenvalue weighted by Crippen LogP contribution is 2.21. The van der Waals surface area contributed by atoms with E-state index in [0.29, 0.717) is 30.9 Å². The van der Waals surface area contributed by atoms with Gasteiger partial charge in [0, 0.05) is 30.1 Å². The van der Waals surface area contributed by atoms with Crippen molar-refractivity contribution in [2.75, 3.05) is 6.54 Å². The minimum Gasteiger partial charge on any atom is -0.361 e. The number of hydrogen-bond acceptors (Lipinski definition) is 4. The molecule has 0 fully saturated rings. The van der Waals surface area contributed by atoms with Crippen LogP contribution in [0.25, 0.3) is 10.9 Å². The molecule has 3 rings (SSSR count). The third kappa shape index (κ3) is 4.16. The Labute approximate surface area is 156 Å². The van der Waals surface area contributed by atoms with Gasteiger partial charge in [-0.05, 0) is 38.3 Å². The first kappa shape index (κ1) is 18.6. The molecular formula is C19H23N5O3. The SMILES string of the molecule is Cc1nn(CCNC(=O)CCCc2c[nH]c3ccccc23)c(C)c1[N+](=O)[O-]. The Bertz CT molecular complexity index is 973. The van der Waals surface area contributed by atoms with E-state index in [-0.39, 0.29) is 11.6 Å². The number of benzene rings is 1. The number of aromatic nitrogens is 3. The van der Waals surface area contributed by atoms with E-state index in [9.17, 15) is 14.9 Å². The molecule has 1 amide bonds. The van der Waals surface area contributed by atoms with Crippen molar-refractivity contribution in [2.24, 2.45) is 0 Å². The molecule has 0 aliphatic heterocycles. The van der Waals surface area contributed by atoms with Gasteiger partial charge in [0.25, 0.3) is 0 Å². The summed E-state index contributed by atoms with van der Waals surface area (Å²) < 4.78 is 1.57. The summed E-state index contributed by atoms with van der Waals surface area (Å²) in [6.07, 6.45) is 4.04. The monoisotopic (exact) mass is 369 g/mol. The lowest BCUT2D eigenvalue weighted by Gasteiger charge is -2.06. The molecule has 0 unspecified atom stereocenters. The van der Waals surface area contributed by atoms with Crippen LogP contribution < -0.4 is 5.32 Å². The van der Waals surface area contributed by atoms with Crippen LogP contribution in [0.2, 0.25) is 0 Å². The molecule has 0 radical (unpaired) electrons. The molecule has 3 aromatic rings. The van der Waals surface area contributed by atoms with E-state index in [0.717, 1.165) is 18.4 Å². The van der Waals surface area contributed by atoms with Gasteiger partial charge in [0.15, 0.2) is 0 Å². The molecule has 0 saturated heterocycles. The third-order valence-corrected chi connectivity index (χ3v) is 4.70. The fraction of sp³-hybridized carbons (Fsp3) is 0.368. The summed E-state index contributed by atoms with van der Waals surface area (Å²) in [7, 11) is 0. The van der Waals surface area contributed by atoms with Crippen LogP contribution in [0.15, 0.2) is 30.5 Å². The Balaban J connectivity index is 1.44. The lowest BCUT2D eigenvalue weighted by atomic mass is 10.1. The van der Waals surface area contributed by atoms with Crippen LogP contribution in [0, 0.1) is 24.0 Å². The second-order valence-electron chi connectivity index (χ2n) is 6.56. The number of fused-ring (bicyclic) bond motifs is 1. The summed E-state index contributed by atoms with van der Waals surface area (Å²) in [4.78, 5) is 25.9. The van der Waals surface area contributed by atoms with Crippen LogP contribution in [-0.4, -0.2) is 32.1 Å². The van der Waals surface area contributed by atoms with Crippen LogP contribution >= 0.6 is 0 Å². The maximum atomic E-state index is 12.0. The summed E-state index contributed by atoms with van der Waals surface area (Å²) in [5.74, 6) is -0.0223. The molecule has 1 aromatic carbocycles. The molecular weight excluding hydrogens is 346 g/mol. The van der Waals surface area contributed by atoms with Gasteiger partial charge < -0.3 is 10.3 Å². The van der Waals surface area contributed by atoms with Crippen molar-refractivity contribution in [3.05, 3.63) is 57.5 Å². The van der Waals surface area contributed by atoms with Crippen molar-refractivity contribution in [2.45, 2.75) is 39.7 Å². The van der Waals surface area contributed by atoms with Crippen molar-refractivity contribution >= 4 is 22.5 Å². The fourth-order valence-electron chi connectivity index (χ4n) is 3.34. The Hall–Kier alpha value is -3.16. The minimum absolute atomic E-state index is 0.0223. The van der Waals surface area contributed by atoms with Gasteiger partial charge in [0.1, 0.15) is 11.4 Å². The van der Waals surface area contributed by atoms with Crippen molar-refractivity contribution < 1.29 is 9.72 Å². The van der Waals surface area contributed by atoms with Crippen LogP contribution in [-0.2, 0) is 17.8 Å². The van der Waals surface area contributed by atoms with E-state index in [2.05, 4.69) is 21.5 Å². The molecule has 142 valence electrons. The molecule has 2 N–H and O–H groups in total. The van der Waals surface area contributed by atoms with Crippen LogP contribution in [0.1, 0.15) is 29.8 Å². The van der Waals surface area contributed by atoms with E-state index in [1.54, 1.807) is 18.5 Å². The van der Waals surface area contributed by atoms with Crippen LogP contribution in [0.3, 0.4) is 0 Å². The Morgan fingerprint density at radius 3 is 2.85 bits per heavy atom. The normalized spacial score (nSPS) is 11.0. The van der Waals surface area contributed by atoms with E-state index in [1.165, 1.54) is 10.9 Å². The minimum atomic E-state index is -0.419. The molecule has 2 heterocycles. The lowest BCUT2D eigenvalue weighted by molar-refractivity contribution is -0.386. The van der Waals surface area contributed by atoms with Gasteiger partial charge in [-0.3, -0.25) is 19.6 Å². The molecule has 8 nitrogen and oxygen atoms in total. The fourth-order valence-corrected chi connectivity index (χ4v) is 3.34. The van der Waals surface area contributed by atoms with Crippen LogP contribution in [0.4, 0.5) is 5.69 Å². The smallest absolute Gasteiger partial charge is 0.312 e. The summed E-state index contributed by atoms with van der Waals surface area (Å²) in [5, 5.41) is 19.2. The third-order valence-electron chi connectivity index (χ3n) is 4.70. The van der Waals surface area contributed by atoms with Gasteiger partial charge in [0.2, 0.25) is 5.91 Å². The quantitative estimate of drug-likeness (QED) is 0.470. The molecule has 0 spiro atoms. The lowest BCUT2D eigenvalue weighted by Crippen LogP contribution is -2.27. The molecule has 0 atom stereocenters. The van der Waals surface area contributed by atoms with Gasteiger partial charge in [-0.1, -0.05) is 18.2 Å². The van der Waals surface area contributed by atoms with Crippen LogP contribution in [0.5, 0.6) is 0 Å². The Morgan fingerprint density at radius 2 is 2.11 bits per heavy atom. The standard InChI is InChI=1S/C19H23N5O3/c1-13-19(24(26)27)14(2)23(22-13)11-10-20-18(25)9-5-6-15-12-21-17-8-4-3-7-16(15)17/h3-4,7-8,12,21H,5-6,9-11H2,1-2H3,(H,20,25). The molecule has 0 aliphatic rings. The number of para-hydroxylation sites is 1.